The van der Waals surface area contributed by atoms with Gasteiger partial charge >= 0.3 is 0 Å². The van der Waals surface area contributed by atoms with Crippen LogP contribution in [0.25, 0.3) is 0 Å². The molecule has 5 nitrogen and oxygen atoms in total. The average Bonchev–Trinajstić information content (AvgIpc) is 2.62. The first kappa shape index (κ1) is 12.0. The highest BCUT2D eigenvalue weighted by atomic mass is 16.3. The van der Waals surface area contributed by atoms with Gasteiger partial charge in [0.2, 0.25) is 0 Å². The Morgan fingerprint density at radius 2 is 2.17 bits per heavy atom. The molecule has 0 radical (unpaired) electrons. The molecule has 2 N–H and O–H groups in total. The van der Waals surface area contributed by atoms with Crippen molar-refractivity contribution in [2.75, 3.05) is 5.32 Å². The van der Waals surface area contributed by atoms with Crippen molar-refractivity contribution >= 4 is 5.82 Å². The lowest BCUT2D eigenvalue weighted by Crippen LogP contribution is -2.05. The van der Waals surface area contributed by atoms with Crippen LogP contribution in [-0.4, -0.2) is 14.9 Å². The van der Waals surface area contributed by atoms with Crippen molar-refractivity contribution in [3.05, 3.63) is 41.1 Å². The summed E-state index contributed by atoms with van der Waals surface area (Å²) in [5, 5.41) is 26.0. The number of nitrogens with one attached hydrogen (secondary N) is 1. The second-order valence-electron chi connectivity index (χ2n) is 4.03. The summed E-state index contributed by atoms with van der Waals surface area (Å²) in [7, 11) is 1.78. The van der Waals surface area contributed by atoms with E-state index in [0.29, 0.717) is 23.6 Å². The number of rotatable bonds is 3. The topological polar surface area (TPSA) is 73.9 Å². The van der Waals surface area contributed by atoms with Crippen LogP contribution in [0.15, 0.2) is 24.3 Å². The average molecular weight is 242 g/mol. The van der Waals surface area contributed by atoms with Crippen LogP contribution in [0.1, 0.15) is 16.8 Å². The van der Waals surface area contributed by atoms with E-state index in [1.807, 2.05) is 12.1 Å². The molecule has 0 spiro atoms. The first-order valence-electron chi connectivity index (χ1n) is 5.58. The van der Waals surface area contributed by atoms with Crippen molar-refractivity contribution in [2.45, 2.75) is 13.5 Å². The molecule has 0 aliphatic rings. The third kappa shape index (κ3) is 2.13. The zero-order chi connectivity index (χ0) is 13.1. The molecule has 18 heavy (non-hydrogen) atoms. The van der Waals surface area contributed by atoms with Crippen molar-refractivity contribution in [1.29, 1.82) is 5.26 Å². The molecule has 0 bridgehead atoms. The first-order chi connectivity index (χ1) is 8.63. The minimum atomic E-state index is 0.238. The molecule has 5 heteroatoms. The molecule has 0 atom stereocenters. The zero-order valence-electron chi connectivity index (χ0n) is 10.3. The van der Waals surface area contributed by atoms with Gasteiger partial charge in [0, 0.05) is 19.2 Å². The molecule has 1 aromatic heterocycles. The number of nitriles is 1. The van der Waals surface area contributed by atoms with E-state index in [1.165, 1.54) is 0 Å². The van der Waals surface area contributed by atoms with E-state index < -0.39 is 0 Å². The highest BCUT2D eigenvalue weighted by Crippen LogP contribution is 2.21. The third-order valence-corrected chi connectivity index (χ3v) is 2.77. The van der Waals surface area contributed by atoms with Gasteiger partial charge in [0.25, 0.3) is 0 Å². The second-order valence-corrected chi connectivity index (χ2v) is 4.03. The summed E-state index contributed by atoms with van der Waals surface area (Å²) in [6.07, 6.45) is 0. The molecule has 0 unspecified atom stereocenters. The van der Waals surface area contributed by atoms with Crippen LogP contribution in [0, 0.1) is 18.3 Å². The minimum Gasteiger partial charge on any atom is -0.508 e. The number of hydrogen-bond donors (Lipinski definition) is 2. The molecular weight excluding hydrogens is 228 g/mol. The van der Waals surface area contributed by atoms with Crippen LogP contribution < -0.4 is 5.32 Å². The SMILES string of the molecule is Cc1nn(C)c(NCc2ccccc2O)c1C#N. The van der Waals surface area contributed by atoms with Gasteiger partial charge in [0.05, 0.1) is 5.69 Å². The molecule has 0 aliphatic heterocycles. The minimum absolute atomic E-state index is 0.238. The third-order valence-electron chi connectivity index (χ3n) is 2.77. The standard InChI is InChI=1S/C13H14N4O/c1-9-11(7-14)13(17(2)16-9)15-8-10-5-3-4-6-12(10)18/h3-6,15,18H,8H2,1-2H3. The Bertz CT molecular complexity index is 610. The van der Waals surface area contributed by atoms with Crippen molar-refractivity contribution in [1.82, 2.24) is 9.78 Å². The van der Waals surface area contributed by atoms with Crippen molar-refractivity contribution in [2.24, 2.45) is 7.05 Å². The normalized spacial score (nSPS) is 10.1. The molecule has 0 saturated carbocycles. The number of hydrogen-bond acceptors (Lipinski definition) is 4. The Morgan fingerprint density at radius 3 is 2.83 bits per heavy atom. The molecule has 0 aliphatic carbocycles. The van der Waals surface area contributed by atoms with E-state index in [1.54, 1.807) is 30.8 Å². The van der Waals surface area contributed by atoms with E-state index in [0.717, 1.165) is 5.56 Å². The number of para-hydroxylation sites is 1. The van der Waals surface area contributed by atoms with Crippen molar-refractivity contribution in [3.8, 4) is 11.8 Å². The Labute approximate surface area is 105 Å². The number of anilines is 1. The summed E-state index contributed by atoms with van der Waals surface area (Å²) < 4.78 is 1.63. The Morgan fingerprint density at radius 1 is 1.44 bits per heavy atom. The quantitative estimate of drug-likeness (QED) is 0.862. The maximum absolute atomic E-state index is 9.66. The summed E-state index contributed by atoms with van der Waals surface area (Å²) in [6, 6.07) is 9.22. The molecular formula is C13H14N4O. The van der Waals surface area contributed by atoms with E-state index in [4.69, 9.17) is 5.26 Å². The summed E-state index contributed by atoms with van der Waals surface area (Å²) in [5.74, 6) is 0.903. The van der Waals surface area contributed by atoms with Gasteiger partial charge in [-0.05, 0) is 13.0 Å². The fraction of sp³-hybridized carbons (Fsp3) is 0.231. The second kappa shape index (κ2) is 4.80. The van der Waals surface area contributed by atoms with E-state index in [-0.39, 0.29) is 5.75 Å². The number of phenols is 1. The fourth-order valence-corrected chi connectivity index (χ4v) is 1.83. The number of aryl methyl sites for hydroxylation is 2. The van der Waals surface area contributed by atoms with Gasteiger partial charge in [-0.15, -0.1) is 0 Å². The Kier molecular flexibility index (Phi) is 3.20. The molecule has 92 valence electrons. The van der Waals surface area contributed by atoms with Gasteiger partial charge in [0.1, 0.15) is 23.2 Å². The number of aromatic nitrogens is 2. The van der Waals surface area contributed by atoms with Gasteiger partial charge in [-0.3, -0.25) is 4.68 Å². The van der Waals surface area contributed by atoms with E-state index in [2.05, 4.69) is 16.5 Å². The van der Waals surface area contributed by atoms with Crippen LogP contribution in [0.2, 0.25) is 0 Å². The smallest absolute Gasteiger partial charge is 0.142 e. The lowest BCUT2D eigenvalue weighted by molar-refractivity contribution is 0.469. The molecule has 0 amide bonds. The molecule has 0 saturated heterocycles. The highest BCUT2D eigenvalue weighted by Gasteiger charge is 2.12. The molecule has 1 heterocycles. The van der Waals surface area contributed by atoms with Gasteiger partial charge in [-0.1, -0.05) is 18.2 Å². The Balaban J connectivity index is 2.22. The summed E-state index contributed by atoms with van der Waals surface area (Å²) in [6.45, 7) is 2.24. The molecule has 2 rings (SSSR count). The summed E-state index contributed by atoms with van der Waals surface area (Å²) in [4.78, 5) is 0. The van der Waals surface area contributed by atoms with Crippen LogP contribution in [-0.2, 0) is 13.6 Å². The fourth-order valence-electron chi connectivity index (χ4n) is 1.83. The van der Waals surface area contributed by atoms with E-state index >= 15 is 0 Å². The van der Waals surface area contributed by atoms with Gasteiger partial charge < -0.3 is 10.4 Å². The van der Waals surface area contributed by atoms with Gasteiger partial charge in [-0.2, -0.15) is 10.4 Å². The van der Waals surface area contributed by atoms with Crippen LogP contribution >= 0.6 is 0 Å². The van der Waals surface area contributed by atoms with Crippen LogP contribution in [0.3, 0.4) is 0 Å². The molecule has 1 aromatic carbocycles. The highest BCUT2D eigenvalue weighted by molar-refractivity contribution is 5.55. The maximum Gasteiger partial charge on any atom is 0.142 e. The van der Waals surface area contributed by atoms with Crippen LogP contribution in [0.5, 0.6) is 5.75 Å². The largest absolute Gasteiger partial charge is 0.508 e. The molecule has 2 aromatic rings. The summed E-state index contributed by atoms with van der Waals surface area (Å²) in [5.41, 5.74) is 2.01. The number of nitrogens with zero attached hydrogens (tertiary/aromatic N) is 3. The predicted molar refractivity (Wildman–Crippen MR) is 68.1 cm³/mol. The first-order valence-corrected chi connectivity index (χ1v) is 5.58. The van der Waals surface area contributed by atoms with Crippen molar-refractivity contribution < 1.29 is 5.11 Å². The summed E-state index contributed by atoms with van der Waals surface area (Å²) >= 11 is 0. The van der Waals surface area contributed by atoms with Gasteiger partial charge in [0.15, 0.2) is 0 Å². The lowest BCUT2D eigenvalue weighted by atomic mass is 10.2. The number of benzene rings is 1. The number of phenolic OH excluding ortho intramolecular Hbond substituents is 1. The lowest BCUT2D eigenvalue weighted by Gasteiger charge is -2.08. The number of aromatic hydroxyl groups is 1. The van der Waals surface area contributed by atoms with Crippen molar-refractivity contribution in [3.63, 3.8) is 0 Å². The van der Waals surface area contributed by atoms with Gasteiger partial charge in [-0.25, -0.2) is 0 Å². The zero-order valence-corrected chi connectivity index (χ0v) is 10.3. The maximum atomic E-state index is 9.66. The molecule has 0 fully saturated rings. The monoisotopic (exact) mass is 242 g/mol. The predicted octanol–water partition coefficient (Wildman–Crippen LogP) is 1.92. The van der Waals surface area contributed by atoms with Crippen LogP contribution in [0.4, 0.5) is 5.82 Å². The Hall–Kier alpha value is -2.48. The van der Waals surface area contributed by atoms with E-state index in [9.17, 15) is 5.11 Å².